The molecule has 0 aromatic heterocycles. The van der Waals surface area contributed by atoms with E-state index in [1.807, 2.05) is 0 Å². The van der Waals surface area contributed by atoms with Gasteiger partial charge in [-0.15, -0.1) is 0 Å². The van der Waals surface area contributed by atoms with Crippen LogP contribution in [0.1, 0.15) is 66.4 Å². The molecule has 0 radical (unpaired) electrons. The summed E-state index contributed by atoms with van der Waals surface area (Å²) in [6, 6.07) is 13.4. The monoisotopic (exact) mass is 362 g/mol. The third-order valence-electron chi connectivity index (χ3n) is 6.73. The zero-order valence-corrected chi connectivity index (χ0v) is 17.6. The second kappa shape index (κ2) is 6.22. The summed E-state index contributed by atoms with van der Waals surface area (Å²) in [6.07, 6.45) is 6.03. The first kappa shape index (κ1) is 18.8. The lowest BCUT2D eigenvalue weighted by atomic mass is 9.76. The van der Waals surface area contributed by atoms with Gasteiger partial charge in [0.1, 0.15) is 0 Å². The first-order valence-corrected chi connectivity index (χ1v) is 10.2. The number of fused-ring (bicyclic) bond motifs is 1. The average Bonchev–Trinajstić information content (AvgIpc) is 2.82. The molecule has 0 atom stereocenters. The summed E-state index contributed by atoms with van der Waals surface area (Å²) in [5.74, 6) is 0. The average molecular weight is 362 g/mol. The van der Waals surface area contributed by atoms with Crippen molar-refractivity contribution in [3.63, 3.8) is 0 Å². The lowest BCUT2D eigenvalue weighted by Gasteiger charge is -2.32. The molecule has 0 saturated carbocycles. The highest BCUT2D eigenvalue weighted by Gasteiger charge is 2.51. The fraction of sp³-hybridized carbons (Fsp3) is 0.500. The van der Waals surface area contributed by atoms with Crippen LogP contribution in [0, 0.1) is 5.41 Å². The topological polar surface area (TPSA) is 18.5 Å². The third kappa shape index (κ3) is 3.48. The molecule has 1 heterocycles. The highest BCUT2D eigenvalue weighted by molar-refractivity contribution is 6.62. The number of hydrogen-bond acceptors (Lipinski definition) is 2. The van der Waals surface area contributed by atoms with Crippen molar-refractivity contribution in [2.75, 3.05) is 0 Å². The summed E-state index contributed by atoms with van der Waals surface area (Å²) in [6.45, 7) is 13.1. The minimum atomic E-state index is -0.308. The van der Waals surface area contributed by atoms with E-state index < -0.39 is 0 Å². The molecule has 2 nitrogen and oxygen atoms in total. The van der Waals surface area contributed by atoms with E-state index in [0.717, 1.165) is 5.46 Å². The molecule has 0 amide bonds. The summed E-state index contributed by atoms with van der Waals surface area (Å²) < 4.78 is 12.4. The molecule has 3 heteroatoms. The van der Waals surface area contributed by atoms with Gasteiger partial charge >= 0.3 is 7.12 Å². The number of rotatable bonds is 2. The second-order valence-electron chi connectivity index (χ2n) is 10.0. The van der Waals surface area contributed by atoms with Crippen molar-refractivity contribution in [1.29, 1.82) is 0 Å². The Balaban J connectivity index is 1.61. The Hall–Kier alpha value is -1.58. The number of hydrogen-bond donors (Lipinski definition) is 0. The second-order valence-corrected chi connectivity index (χ2v) is 10.0. The maximum Gasteiger partial charge on any atom is 0.494 e. The molecule has 1 fully saturated rings. The van der Waals surface area contributed by atoms with Gasteiger partial charge in [-0.2, -0.15) is 0 Å². The predicted octanol–water partition coefficient (Wildman–Crippen LogP) is 5.73. The van der Waals surface area contributed by atoms with Crippen LogP contribution in [0.4, 0.5) is 0 Å². The first-order chi connectivity index (χ1) is 12.6. The molecule has 1 saturated heterocycles. The van der Waals surface area contributed by atoms with Gasteiger partial charge in [0.2, 0.25) is 0 Å². The lowest BCUT2D eigenvalue weighted by molar-refractivity contribution is 0.00578. The van der Waals surface area contributed by atoms with Crippen LogP contribution in [-0.2, 0) is 9.31 Å². The van der Waals surface area contributed by atoms with Crippen molar-refractivity contribution >= 4 is 28.9 Å². The van der Waals surface area contributed by atoms with Gasteiger partial charge in [-0.25, -0.2) is 0 Å². The maximum absolute atomic E-state index is 6.21. The Morgan fingerprint density at radius 2 is 1.44 bits per heavy atom. The molecule has 27 heavy (non-hydrogen) atoms. The van der Waals surface area contributed by atoms with E-state index >= 15 is 0 Å². The molecule has 4 rings (SSSR count). The van der Waals surface area contributed by atoms with Crippen molar-refractivity contribution in [1.82, 2.24) is 0 Å². The van der Waals surface area contributed by atoms with Crippen molar-refractivity contribution in [2.24, 2.45) is 5.41 Å². The van der Waals surface area contributed by atoms with Crippen molar-refractivity contribution in [2.45, 2.75) is 72.0 Å². The summed E-state index contributed by atoms with van der Waals surface area (Å²) in [7, 11) is -0.303. The fourth-order valence-electron chi connectivity index (χ4n) is 3.93. The molecule has 2 aliphatic rings. The quantitative estimate of drug-likeness (QED) is 0.635. The smallest absolute Gasteiger partial charge is 0.399 e. The standard InChI is InChI=1S/C24H31BO2/c1-22(2)13-11-17(12-14-22)18-7-8-20-16-21(10-9-19(20)15-18)25-26-23(3,4)24(5,6)27-25/h7-11,15-16H,12-14H2,1-6H3. The molecule has 1 aliphatic carbocycles. The Bertz CT molecular complexity index is 892. The Labute approximate surface area is 164 Å². The maximum atomic E-state index is 6.21. The molecule has 0 N–H and O–H groups in total. The molecule has 142 valence electrons. The normalized spacial score (nSPS) is 23.5. The van der Waals surface area contributed by atoms with Gasteiger partial charge in [0.25, 0.3) is 0 Å². The first-order valence-electron chi connectivity index (χ1n) is 10.2. The molecule has 0 unspecified atom stereocenters. The Kier molecular flexibility index (Phi) is 4.32. The van der Waals surface area contributed by atoms with Crippen LogP contribution >= 0.6 is 0 Å². The fourth-order valence-corrected chi connectivity index (χ4v) is 3.93. The van der Waals surface area contributed by atoms with Gasteiger partial charge in [0.15, 0.2) is 0 Å². The highest BCUT2D eigenvalue weighted by Crippen LogP contribution is 2.39. The van der Waals surface area contributed by atoms with E-state index in [9.17, 15) is 0 Å². The molecule has 1 aliphatic heterocycles. The Morgan fingerprint density at radius 3 is 2.07 bits per heavy atom. The lowest BCUT2D eigenvalue weighted by Crippen LogP contribution is -2.41. The molecule has 2 aromatic carbocycles. The van der Waals surface area contributed by atoms with Gasteiger partial charge < -0.3 is 9.31 Å². The predicted molar refractivity (Wildman–Crippen MR) is 115 cm³/mol. The van der Waals surface area contributed by atoms with E-state index in [1.54, 1.807) is 0 Å². The van der Waals surface area contributed by atoms with Gasteiger partial charge in [-0.1, -0.05) is 50.3 Å². The van der Waals surface area contributed by atoms with Crippen LogP contribution < -0.4 is 5.46 Å². The highest BCUT2D eigenvalue weighted by atomic mass is 16.7. The van der Waals surface area contributed by atoms with Crippen molar-refractivity contribution < 1.29 is 9.31 Å². The van der Waals surface area contributed by atoms with Crippen molar-refractivity contribution in [3.05, 3.63) is 48.0 Å². The Morgan fingerprint density at radius 1 is 0.815 bits per heavy atom. The van der Waals surface area contributed by atoms with Gasteiger partial charge in [-0.05, 0) is 85.8 Å². The molecule has 0 bridgehead atoms. The van der Waals surface area contributed by atoms with Crippen LogP contribution in [0.3, 0.4) is 0 Å². The van der Waals surface area contributed by atoms with Crippen LogP contribution in [0.25, 0.3) is 16.3 Å². The van der Waals surface area contributed by atoms with Crippen LogP contribution in [-0.4, -0.2) is 18.3 Å². The van der Waals surface area contributed by atoms with Crippen LogP contribution in [0.15, 0.2) is 42.5 Å². The van der Waals surface area contributed by atoms with E-state index in [1.165, 1.54) is 41.2 Å². The number of allylic oxidation sites excluding steroid dienone is 2. The third-order valence-corrected chi connectivity index (χ3v) is 6.73. The van der Waals surface area contributed by atoms with Crippen LogP contribution in [0.2, 0.25) is 0 Å². The molecular weight excluding hydrogens is 331 g/mol. The van der Waals surface area contributed by atoms with Gasteiger partial charge in [-0.3, -0.25) is 0 Å². The zero-order chi connectivity index (χ0) is 19.4. The number of benzene rings is 2. The zero-order valence-electron chi connectivity index (χ0n) is 17.6. The SMILES string of the molecule is CC1(C)CC=C(c2ccc3cc(B4OC(C)(C)C(C)(C)O4)ccc3c2)CC1. The molecule has 2 aromatic rings. The summed E-state index contributed by atoms with van der Waals surface area (Å²) in [5, 5.41) is 2.52. The van der Waals surface area contributed by atoms with E-state index in [4.69, 9.17) is 9.31 Å². The summed E-state index contributed by atoms with van der Waals surface area (Å²) in [5.41, 5.74) is 3.77. The molecule has 0 spiro atoms. The largest absolute Gasteiger partial charge is 0.494 e. The van der Waals surface area contributed by atoms with Gasteiger partial charge in [0.05, 0.1) is 11.2 Å². The van der Waals surface area contributed by atoms with Crippen LogP contribution in [0.5, 0.6) is 0 Å². The summed E-state index contributed by atoms with van der Waals surface area (Å²) >= 11 is 0. The van der Waals surface area contributed by atoms with Crippen molar-refractivity contribution in [3.8, 4) is 0 Å². The minimum absolute atomic E-state index is 0.303. The van der Waals surface area contributed by atoms with E-state index in [-0.39, 0.29) is 18.3 Å². The van der Waals surface area contributed by atoms with E-state index in [2.05, 4.69) is 84.0 Å². The summed E-state index contributed by atoms with van der Waals surface area (Å²) in [4.78, 5) is 0. The molecular formula is C24H31BO2. The van der Waals surface area contributed by atoms with Gasteiger partial charge in [0, 0.05) is 0 Å². The van der Waals surface area contributed by atoms with E-state index in [0.29, 0.717) is 5.41 Å². The minimum Gasteiger partial charge on any atom is -0.399 e.